The first-order chi connectivity index (χ1) is 12.7. The van der Waals surface area contributed by atoms with E-state index in [0.29, 0.717) is 18.8 Å². The van der Waals surface area contributed by atoms with Crippen LogP contribution in [0.4, 0.5) is 5.69 Å². The number of hydrogen-bond acceptors (Lipinski definition) is 3. The molecule has 6 nitrogen and oxygen atoms in total. The molecule has 1 aromatic carbocycles. The molecule has 1 amide bonds. The van der Waals surface area contributed by atoms with E-state index in [9.17, 15) is 13.2 Å². The van der Waals surface area contributed by atoms with Gasteiger partial charge in [0.2, 0.25) is 10.0 Å². The molecule has 0 saturated carbocycles. The lowest BCUT2D eigenvalue weighted by Gasteiger charge is -2.25. The van der Waals surface area contributed by atoms with E-state index in [1.165, 1.54) is 16.6 Å². The van der Waals surface area contributed by atoms with Crippen molar-refractivity contribution in [3.05, 3.63) is 45.7 Å². The standard InChI is InChI=1S/C19H24BrN3O3S/c1-13-9-15(20)10-14(2)18(13)21-19(24)17-11-16(12-22(17)3)27(25,26)23-7-5-4-6-8-23/h9-12H,4-8H2,1-3H3,(H,21,24). The molecule has 3 rings (SSSR count). The van der Waals surface area contributed by atoms with Crippen LogP contribution in [0.2, 0.25) is 0 Å². The fourth-order valence-electron chi connectivity index (χ4n) is 3.44. The first-order valence-electron chi connectivity index (χ1n) is 8.95. The van der Waals surface area contributed by atoms with Crippen molar-refractivity contribution in [3.8, 4) is 0 Å². The van der Waals surface area contributed by atoms with E-state index < -0.39 is 10.0 Å². The Hall–Kier alpha value is -1.64. The van der Waals surface area contributed by atoms with E-state index in [1.807, 2.05) is 26.0 Å². The van der Waals surface area contributed by atoms with E-state index in [1.54, 1.807) is 11.6 Å². The van der Waals surface area contributed by atoms with Crippen LogP contribution in [0.3, 0.4) is 0 Å². The van der Waals surface area contributed by atoms with E-state index in [2.05, 4.69) is 21.2 Å². The summed E-state index contributed by atoms with van der Waals surface area (Å²) in [7, 11) is -1.88. The maximum absolute atomic E-state index is 12.9. The summed E-state index contributed by atoms with van der Waals surface area (Å²) in [6.45, 7) is 4.92. The highest BCUT2D eigenvalue weighted by Gasteiger charge is 2.28. The summed E-state index contributed by atoms with van der Waals surface area (Å²) in [5.41, 5.74) is 2.92. The lowest BCUT2D eigenvalue weighted by molar-refractivity contribution is 0.101. The minimum atomic E-state index is -3.57. The molecule has 1 aliphatic rings. The number of halogens is 1. The third-order valence-corrected chi connectivity index (χ3v) is 7.22. The fraction of sp³-hybridized carbons (Fsp3) is 0.421. The van der Waals surface area contributed by atoms with Crippen LogP contribution < -0.4 is 5.32 Å². The predicted octanol–water partition coefficient (Wildman–Crippen LogP) is 3.83. The van der Waals surface area contributed by atoms with Crippen molar-refractivity contribution in [1.29, 1.82) is 0 Å². The number of aryl methyl sites for hydroxylation is 3. The number of piperidine rings is 1. The zero-order chi connectivity index (χ0) is 19.8. The highest BCUT2D eigenvalue weighted by atomic mass is 79.9. The highest BCUT2D eigenvalue weighted by molar-refractivity contribution is 9.10. The monoisotopic (exact) mass is 453 g/mol. The molecule has 1 aromatic heterocycles. The third kappa shape index (κ3) is 4.12. The normalized spacial score (nSPS) is 15.7. The van der Waals surface area contributed by atoms with Crippen LogP contribution in [0.15, 0.2) is 33.8 Å². The van der Waals surface area contributed by atoms with Gasteiger partial charge in [0.25, 0.3) is 5.91 Å². The molecule has 0 atom stereocenters. The molecule has 8 heteroatoms. The number of carbonyl (C=O) groups is 1. The Morgan fingerprint density at radius 2 is 1.67 bits per heavy atom. The molecule has 146 valence electrons. The Kier molecular flexibility index (Phi) is 5.79. The van der Waals surface area contributed by atoms with Crippen LogP contribution in [-0.2, 0) is 17.1 Å². The topological polar surface area (TPSA) is 71.4 Å². The lowest BCUT2D eigenvalue weighted by Crippen LogP contribution is -2.35. The van der Waals surface area contributed by atoms with Gasteiger partial charge in [-0.25, -0.2) is 8.42 Å². The molecule has 1 N–H and O–H groups in total. The quantitative estimate of drug-likeness (QED) is 0.764. The molecular weight excluding hydrogens is 430 g/mol. The largest absolute Gasteiger partial charge is 0.345 e. The van der Waals surface area contributed by atoms with Crippen LogP contribution in [0.1, 0.15) is 40.9 Å². The van der Waals surface area contributed by atoms with Crippen LogP contribution >= 0.6 is 15.9 Å². The van der Waals surface area contributed by atoms with Gasteiger partial charge in [-0.1, -0.05) is 22.4 Å². The van der Waals surface area contributed by atoms with Crippen LogP contribution in [0, 0.1) is 13.8 Å². The molecule has 1 aliphatic heterocycles. The van der Waals surface area contributed by atoms with Gasteiger partial charge < -0.3 is 9.88 Å². The molecule has 1 fully saturated rings. The Morgan fingerprint density at radius 3 is 2.26 bits per heavy atom. The third-order valence-electron chi connectivity index (χ3n) is 4.90. The Morgan fingerprint density at radius 1 is 1.07 bits per heavy atom. The molecule has 2 aromatic rings. The summed E-state index contributed by atoms with van der Waals surface area (Å²) < 4.78 is 29.7. The zero-order valence-electron chi connectivity index (χ0n) is 15.8. The van der Waals surface area contributed by atoms with Gasteiger partial charge in [-0.3, -0.25) is 4.79 Å². The molecule has 1 saturated heterocycles. The van der Waals surface area contributed by atoms with Crippen LogP contribution in [0.25, 0.3) is 0 Å². The minimum Gasteiger partial charge on any atom is -0.345 e. The first-order valence-corrected chi connectivity index (χ1v) is 11.2. The summed E-state index contributed by atoms with van der Waals surface area (Å²) in [5, 5.41) is 2.92. The molecule has 0 aliphatic carbocycles. The number of sulfonamides is 1. The number of hydrogen-bond donors (Lipinski definition) is 1. The van der Waals surface area contributed by atoms with Gasteiger partial charge in [0, 0.05) is 36.5 Å². The predicted molar refractivity (Wildman–Crippen MR) is 110 cm³/mol. The van der Waals surface area contributed by atoms with Gasteiger partial charge in [0.1, 0.15) is 10.6 Å². The van der Waals surface area contributed by atoms with Crippen molar-refractivity contribution in [2.75, 3.05) is 18.4 Å². The number of carbonyl (C=O) groups excluding carboxylic acids is 1. The fourth-order valence-corrected chi connectivity index (χ4v) is 5.72. The Labute approximate surface area is 168 Å². The van der Waals surface area contributed by atoms with Gasteiger partial charge >= 0.3 is 0 Å². The summed E-state index contributed by atoms with van der Waals surface area (Å²) in [6, 6.07) is 5.32. The number of aromatic nitrogens is 1. The Bertz CT molecular complexity index is 953. The SMILES string of the molecule is Cc1cc(Br)cc(C)c1NC(=O)c1cc(S(=O)(=O)N2CCCCC2)cn1C. The number of anilines is 1. The van der Waals surface area contributed by atoms with Gasteiger partial charge in [-0.05, 0) is 56.0 Å². The average Bonchev–Trinajstić information content (AvgIpc) is 3.01. The number of benzene rings is 1. The summed E-state index contributed by atoms with van der Waals surface area (Å²) in [6.07, 6.45) is 4.32. The second-order valence-electron chi connectivity index (χ2n) is 7.01. The van der Waals surface area contributed by atoms with Gasteiger partial charge in [0.15, 0.2) is 0 Å². The van der Waals surface area contributed by atoms with Crippen molar-refractivity contribution < 1.29 is 13.2 Å². The molecule has 0 unspecified atom stereocenters. The summed E-state index contributed by atoms with van der Waals surface area (Å²) in [4.78, 5) is 13.0. The number of amides is 1. The lowest BCUT2D eigenvalue weighted by atomic mass is 10.1. The second kappa shape index (κ2) is 7.77. The van der Waals surface area contributed by atoms with Crippen LogP contribution in [0.5, 0.6) is 0 Å². The molecule has 0 bridgehead atoms. The maximum Gasteiger partial charge on any atom is 0.272 e. The molecule has 27 heavy (non-hydrogen) atoms. The second-order valence-corrected chi connectivity index (χ2v) is 9.86. The van der Waals surface area contributed by atoms with Crippen molar-refractivity contribution in [1.82, 2.24) is 8.87 Å². The first kappa shape index (κ1) is 20.1. The maximum atomic E-state index is 12.9. The highest BCUT2D eigenvalue weighted by Crippen LogP contribution is 2.27. The van der Waals surface area contributed by atoms with E-state index in [-0.39, 0.29) is 10.8 Å². The smallest absolute Gasteiger partial charge is 0.272 e. The van der Waals surface area contributed by atoms with Gasteiger partial charge in [-0.15, -0.1) is 0 Å². The van der Waals surface area contributed by atoms with Gasteiger partial charge in [-0.2, -0.15) is 4.31 Å². The average molecular weight is 454 g/mol. The molecule has 0 radical (unpaired) electrons. The summed E-state index contributed by atoms with van der Waals surface area (Å²) >= 11 is 3.44. The zero-order valence-corrected chi connectivity index (χ0v) is 18.2. The van der Waals surface area contributed by atoms with Crippen LogP contribution in [-0.4, -0.2) is 36.3 Å². The van der Waals surface area contributed by atoms with E-state index in [4.69, 9.17) is 0 Å². The van der Waals surface area contributed by atoms with Crippen molar-refractivity contribution in [2.45, 2.75) is 38.0 Å². The summed E-state index contributed by atoms with van der Waals surface area (Å²) in [5.74, 6) is -0.328. The van der Waals surface area contributed by atoms with Crippen molar-refractivity contribution >= 4 is 37.5 Å². The number of rotatable bonds is 4. The van der Waals surface area contributed by atoms with E-state index in [0.717, 1.165) is 40.5 Å². The number of nitrogens with one attached hydrogen (secondary N) is 1. The Balaban J connectivity index is 1.87. The van der Waals surface area contributed by atoms with Crippen molar-refractivity contribution in [3.63, 3.8) is 0 Å². The molecular formula is C19H24BrN3O3S. The van der Waals surface area contributed by atoms with Crippen molar-refractivity contribution in [2.24, 2.45) is 7.05 Å². The minimum absolute atomic E-state index is 0.168. The number of nitrogens with zero attached hydrogens (tertiary/aromatic N) is 2. The molecule has 2 heterocycles. The van der Waals surface area contributed by atoms with Gasteiger partial charge in [0.05, 0.1) is 0 Å². The van der Waals surface area contributed by atoms with E-state index >= 15 is 0 Å². The molecule has 0 spiro atoms.